The molecule has 2 amide bonds. The van der Waals surface area contributed by atoms with Crippen molar-refractivity contribution in [3.63, 3.8) is 0 Å². The van der Waals surface area contributed by atoms with Gasteiger partial charge in [0.25, 0.3) is 11.8 Å². The molecule has 0 heterocycles. The molecule has 0 spiro atoms. The van der Waals surface area contributed by atoms with Gasteiger partial charge in [0.05, 0.1) is 23.4 Å². The summed E-state index contributed by atoms with van der Waals surface area (Å²) in [5.74, 6) is -0.146. The number of methoxy groups -OCH3 is 1. The first-order valence-corrected chi connectivity index (χ1v) is 9.39. The van der Waals surface area contributed by atoms with Crippen LogP contribution in [0.3, 0.4) is 0 Å². The van der Waals surface area contributed by atoms with Crippen molar-refractivity contribution >= 4 is 34.8 Å². The number of hydrogen-bond acceptors (Lipinski definition) is 3. The third-order valence-electron chi connectivity index (χ3n) is 4.60. The number of carbonyl (C=O) groups is 2. The first-order chi connectivity index (χ1) is 13.9. The van der Waals surface area contributed by atoms with Gasteiger partial charge in [-0.15, -0.1) is 0 Å². The van der Waals surface area contributed by atoms with E-state index in [1.54, 1.807) is 48.5 Å². The van der Waals surface area contributed by atoms with Crippen molar-refractivity contribution in [1.82, 2.24) is 0 Å². The van der Waals surface area contributed by atoms with E-state index < -0.39 is 0 Å². The maximum Gasteiger partial charge on any atom is 0.257 e. The van der Waals surface area contributed by atoms with Gasteiger partial charge in [-0.25, -0.2) is 0 Å². The van der Waals surface area contributed by atoms with Gasteiger partial charge in [0.15, 0.2) is 0 Å². The molecule has 0 bridgehead atoms. The Labute approximate surface area is 174 Å². The van der Waals surface area contributed by atoms with E-state index in [1.165, 1.54) is 7.11 Å². The molecule has 3 rings (SSSR count). The quantitative estimate of drug-likeness (QED) is 0.588. The second-order valence-corrected chi connectivity index (χ2v) is 7.01. The summed E-state index contributed by atoms with van der Waals surface area (Å²) in [5.41, 5.74) is 4.14. The fraction of sp³-hybridized carbons (Fsp3) is 0.130. The van der Waals surface area contributed by atoms with Gasteiger partial charge >= 0.3 is 0 Å². The molecule has 0 aliphatic heterocycles. The van der Waals surface area contributed by atoms with E-state index >= 15 is 0 Å². The molecule has 2 N–H and O–H groups in total. The molecule has 29 heavy (non-hydrogen) atoms. The molecule has 3 aromatic carbocycles. The van der Waals surface area contributed by atoms with Crippen LogP contribution in [0.5, 0.6) is 5.75 Å². The number of ether oxygens (including phenoxy) is 1. The normalized spacial score (nSPS) is 10.3. The highest BCUT2D eigenvalue weighted by atomic mass is 35.5. The molecule has 0 aliphatic rings. The van der Waals surface area contributed by atoms with Crippen LogP contribution < -0.4 is 15.4 Å². The lowest BCUT2D eigenvalue weighted by Crippen LogP contribution is -2.14. The largest absolute Gasteiger partial charge is 0.494 e. The number of anilines is 2. The zero-order valence-corrected chi connectivity index (χ0v) is 17.1. The Bertz CT molecular complexity index is 1080. The summed E-state index contributed by atoms with van der Waals surface area (Å²) in [7, 11) is 1.50. The Morgan fingerprint density at radius 2 is 1.62 bits per heavy atom. The van der Waals surface area contributed by atoms with Crippen molar-refractivity contribution in [3.05, 3.63) is 87.9 Å². The van der Waals surface area contributed by atoms with Crippen molar-refractivity contribution in [3.8, 4) is 5.75 Å². The number of carbonyl (C=O) groups excluding carboxylic acids is 2. The molecule has 0 saturated heterocycles. The van der Waals surface area contributed by atoms with E-state index in [4.69, 9.17) is 16.3 Å². The molecule has 0 aliphatic carbocycles. The number of hydrogen-bond donors (Lipinski definition) is 2. The Balaban J connectivity index is 1.78. The highest BCUT2D eigenvalue weighted by Gasteiger charge is 2.14. The smallest absolute Gasteiger partial charge is 0.257 e. The van der Waals surface area contributed by atoms with E-state index in [1.807, 2.05) is 26.0 Å². The number of nitrogens with one attached hydrogen (secondary N) is 2. The number of aryl methyl sites for hydroxylation is 2. The lowest BCUT2D eigenvalue weighted by Gasteiger charge is -2.13. The van der Waals surface area contributed by atoms with Crippen LogP contribution in [0, 0.1) is 13.8 Å². The predicted molar refractivity (Wildman–Crippen MR) is 116 cm³/mol. The summed E-state index contributed by atoms with van der Waals surface area (Å²) in [6, 6.07) is 17.4. The summed E-state index contributed by atoms with van der Waals surface area (Å²) in [4.78, 5) is 25.0. The summed E-state index contributed by atoms with van der Waals surface area (Å²) >= 11 is 6.08. The Kier molecular flexibility index (Phi) is 6.20. The second-order valence-electron chi connectivity index (χ2n) is 6.60. The molecule has 0 atom stereocenters. The van der Waals surface area contributed by atoms with Gasteiger partial charge in [-0.05, 0) is 61.4 Å². The van der Waals surface area contributed by atoms with Crippen molar-refractivity contribution in [2.75, 3.05) is 17.7 Å². The van der Waals surface area contributed by atoms with Gasteiger partial charge < -0.3 is 15.4 Å². The standard InChI is InChI=1S/C23H21ClN2O3/c1-14-8-9-16(12-15(14)2)22(27)25-17-10-11-20(21(13-17)29-3)26-23(28)18-6-4-5-7-19(18)24/h4-13H,1-3H3,(H,25,27)(H,26,28). The van der Waals surface area contributed by atoms with Crippen molar-refractivity contribution in [2.45, 2.75) is 13.8 Å². The Hall–Kier alpha value is -3.31. The third kappa shape index (κ3) is 4.76. The lowest BCUT2D eigenvalue weighted by atomic mass is 10.1. The molecule has 3 aromatic rings. The van der Waals surface area contributed by atoms with Crippen molar-refractivity contribution in [2.24, 2.45) is 0 Å². The molecule has 0 radical (unpaired) electrons. The topological polar surface area (TPSA) is 67.4 Å². The Morgan fingerprint density at radius 3 is 2.31 bits per heavy atom. The third-order valence-corrected chi connectivity index (χ3v) is 4.92. The monoisotopic (exact) mass is 408 g/mol. The first kappa shape index (κ1) is 20.4. The molecule has 0 saturated carbocycles. The molecule has 0 aromatic heterocycles. The molecule has 0 unspecified atom stereocenters. The fourth-order valence-electron chi connectivity index (χ4n) is 2.79. The number of benzene rings is 3. The van der Waals surface area contributed by atoms with Crippen LogP contribution >= 0.6 is 11.6 Å². The summed E-state index contributed by atoms with van der Waals surface area (Å²) in [5, 5.41) is 5.99. The van der Waals surface area contributed by atoms with Crippen LogP contribution in [0.25, 0.3) is 0 Å². The van der Waals surface area contributed by atoms with Crippen molar-refractivity contribution < 1.29 is 14.3 Å². The molecular formula is C23H21ClN2O3. The van der Waals surface area contributed by atoms with Crippen LogP contribution in [0.1, 0.15) is 31.8 Å². The van der Waals surface area contributed by atoms with E-state index in [9.17, 15) is 9.59 Å². The lowest BCUT2D eigenvalue weighted by molar-refractivity contribution is 0.101. The zero-order chi connectivity index (χ0) is 21.0. The summed E-state index contributed by atoms with van der Waals surface area (Å²) in [6.45, 7) is 3.96. The van der Waals surface area contributed by atoms with Crippen molar-refractivity contribution in [1.29, 1.82) is 0 Å². The number of halogens is 1. The maximum atomic E-state index is 12.5. The first-order valence-electron chi connectivity index (χ1n) is 9.01. The predicted octanol–water partition coefficient (Wildman–Crippen LogP) is 5.47. The Morgan fingerprint density at radius 1 is 0.862 bits per heavy atom. The van der Waals surface area contributed by atoms with Crippen LogP contribution in [-0.2, 0) is 0 Å². The summed E-state index contributed by atoms with van der Waals surface area (Å²) in [6.07, 6.45) is 0. The van der Waals surface area contributed by atoms with E-state index in [-0.39, 0.29) is 11.8 Å². The second kappa shape index (κ2) is 8.80. The molecule has 6 heteroatoms. The molecule has 5 nitrogen and oxygen atoms in total. The highest BCUT2D eigenvalue weighted by Crippen LogP contribution is 2.29. The van der Waals surface area contributed by atoms with Crippen LogP contribution in [0.4, 0.5) is 11.4 Å². The molecule has 148 valence electrons. The van der Waals surface area contributed by atoms with E-state index in [0.717, 1.165) is 11.1 Å². The minimum absolute atomic E-state index is 0.219. The average Bonchev–Trinajstić information content (AvgIpc) is 2.71. The minimum Gasteiger partial charge on any atom is -0.494 e. The van der Waals surface area contributed by atoms with Gasteiger partial charge in [-0.1, -0.05) is 29.8 Å². The zero-order valence-electron chi connectivity index (χ0n) is 16.4. The van der Waals surface area contributed by atoms with Crippen LogP contribution in [0.15, 0.2) is 60.7 Å². The van der Waals surface area contributed by atoms with Gasteiger partial charge in [0.1, 0.15) is 5.75 Å². The van der Waals surface area contributed by atoms with Crippen LogP contribution in [0.2, 0.25) is 5.02 Å². The van der Waals surface area contributed by atoms with Gasteiger partial charge in [0.2, 0.25) is 0 Å². The van der Waals surface area contributed by atoms with E-state index in [2.05, 4.69) is 10.6 Å². The molecule has 0 fully saturated rings. The van der Waals surface area contributed by atoms with Crippen LogP contribution in [-0.4, -0.2) is 18.9 Å². The number of amides is 2. The van der Waals surface area contributed by atoms with Gasteiger partial charge in [-0.3, -0.25) is 9.59 Å². The van der Waals surface area contributed by atoms with Gasteiger partial charge in [-0.2, -0.15) is 0 Å². The maximum absolute atomic E-state index is 12.5. The van der Waals surface area contributed by atoms with E-state index in [0.29, 0.717) is 33.3 Å². The molecular weight excluding hydrogens is 388 g/mol. The number of rotatable bonds is 5. The SMILES string of the molecule is COc1cc(NC(=O)c2ccc(C)c(C)c2)ccc1NC(=O)c1ccccc1Cl. The minimum atomic E-state index is -0.346. The summed E-state index contributed by atoms with van der Waals surface area (Å²) < 4.78 is 5.38. The fourth-order valence-corrected chi connectivity index (χ4v) is 3.01. The average molecular weight is 409 g/mol. The highest BCUT2D eigenvalue weighted by molar-refractivity contribution is 6.34. The van der Waals surface area contributed by atoms with Gasteiger partial charge in [0, 0.05) is 17.3 Å².